The molecule has 6 nitrogen and oxygen atoms in total. The van der Waals surface area contributed by atoms with Gasteiger partial charge >= 0.3 is 0 Å². The van der Waals surface area contributed by atoms with E-state index in [9.17, 15) is 9.90 Å². The first-order chi connectivity index (χ1) is 8.88. The standard InChI is InChI=1S/C13H24N4O2/c1-10(12(18)6-13(14)19)4-5-16(2)8-11-7-15-17(3)9-11/h7,9-10,12,18H,4-6,8H2,1-3H3,(H2,14,19)/t10-,12+/m1/s1. The van der Waals surface area contributed by atoms with Crippen LogP contribution in [0.25, 0.3) is 0 Å². The van der Waals surface area contributed by atoms with E-state index in [1.807, 2.05) is 33.4 Å². The Balaban J connectivity index is 2.29. The van der Waals surface area contributed by atoms with Crippen molar-refractivity contribution in [2.45, 2.75) is 32.4 Å². The third kappa shape index (κ3) is 5.85. The van der Waals surface area contributed by atoms with Crippen molar-refractivity contribution >= 4 is 5.91 Å². The van der Waals surface area contributed by atoms with Gasteiger partial charge in [-0.2, -0.15) is 5.10 Å². The zero-order valence-electron chi connectivity index (χ0n) is 11.9. The average molecular weight is 268 g/mol. The Labute approximate surface area is 114 Å². The Bertz CT molecular complexity index is 405. The van der Waals surface area contributed by atoms with E-state index >= 15 is 0 Å². The highest BCUT2D eigenvalue weighted by molar-refractivity contribution is 5.74. The van der Waals surface area contributed by atoms with Crippen LogP contribution < -0.4 is 5.73 Å². The summed E-state index contributed by atoms with van der Waals surface area (Å²) in [4.78, 5) is 12.9. The van der Waals surface area contributed by atoms with Crippen molar-refractivity contribution in [3.8, 4) is 0 Å². The number of carbonyl (C=O) groups is 1. The van der Waals surface area contributed by atoms with E-state index in [0.717, 1.165) is 25.1 Å². The summed E-state index contributed by atoms with van der Waals surface area (Å²) in [6, 6.07) is 0. The molecule has 0 unspecified atom stereocenters. The molecule has 0 aliphatic carbocycles. The van der Waals surface area contributed by atoms with E-state index in [4.69, 9.17) is 5.73 Å². The number of aliphatic hydroxyl groups excluding tert-OH is 1. The molecule has 0 aliphatic heterocycles. The molecule has 2 atom stereocenters. The second-order valence-corrected chi connectivity index (χ2v) is 5.26. The Hall–Kier alpha value is -1.40. The molecule has 1 aromatic rings. The first-order valence-electron chi connectivity index (χ1n) is 6.51. The lowest BCUT2D eigenvalue weighted by Gasteiger charge is -2.21. The maximum Gasteiger partial charge on any atom is 0.220 e. The maximum absolute atomic E-state index is 10.7. The van der Waals surface area contributed by atoms with Gasteiger partial charge in [0.15, 0.2) is 0 Å². The Kier molecular flexibility index (Phi) is 5.98. The summed E-state index contributed by atoms with van der Waals surface area (Å²) in [6.45, 7) is 3.61. The van der Waals surface area contributed by atoms with Crippen molar-refractivity contribution in [2.24, 2.45) is 18.7 Å². The number of nitrogens with zero attached hydrogens (tertiary/aromatic N) is 3. The van der Waals surface area contributed by atoms with Crippen LogP contribution in [0.2, 0.25) is 0 Å². The molecular formula is C13H24N4O2. The van der Waals surface area contributed by atoms with Gasteiger partial charge in [0, 0.05) is 25.4 Å². The van der Waals surface area contributed by atoms with E-state index < -0.39 is 12.0 Å². The number of hydrogen-bond donors (Lipinski definition) is 2. The highest BCUT2D eigenvalue weighted by atomic mass is 16.3. The molecule has 1 amide bonds. The SMILES string of the molecule is C[C@H](CCN(C)Cc1cnn(C)c1)[C@@H](O)CC(N)=O. The smallest absolute Gasteiger partial charge is 0.220 e. The molecule has 0 saturated carbocycles. The lowest BCUT2D eigenvalue weighted by atomic mass is 9.98. The maximum atomic E-state index is 10.7. The normalized spacial score (nSPS) is 14.6. The monoisotopic (exact) mass is 268 g/mol. The number of nitrogens with two attached hydrogens (primary N) is 1. The van der Waals surface area contributed by atoms with Crippen LogP contribution in [0.5, 0.6) is 0 Å². The van der Waals surface area contributed by atoms with Gasteiger partial charge in [-0.3, -0.25) is 9.48 Å². The van der Waals surface area contributed by atoms with Crippen LogP contribution in [-0.2, 0) is 18.4 Å². The largest absolute Gasteiger partial charge is 0.392 e. The van der Waals surface area contributed by atoms with Gasteiger partial charge in [-0.05, 0) is 25.9 Å². The van der Waals surface area contributed by atoms with Crippen molar-refractivity contribution in [1.82, 2.24) is 14.7 Å². The fraction of sp³-hybridized carbons (Fsp3) is 0.692. The summed E-state index contributed by atoms with van der Waals surface area (Å²) in [5.41, 5.74) is 6.24. The first-order valence-corrected chi connectivity index (χ1v) is 6.51. The molecule has 0 spiro atoms. The molecule has 0 aromatic carbocycles. The topological polar surface area (TPSA) is 84.4 Å². The predicted octanol–water partition coefficient (Wildman–Crippen LogP) is 0.114. The molecule has 1 aromatic heterocycles. The molecule has 0 radical (unpaired) electrons. The second-order valence-electron chi connectivity index (χ2n) is 5.26. The quantitative estimate of drug-likeness (QED) is 0.701. The van der Waals surface area contributed by atoms with Gasteiger partial charge in [0.25, 0.3) is 0 Å². The predicted molar refractivity (Wildman–Crippen MR) is 73.1 cm³/mol. The molecule has 108 valence electrons. The Morgan fingerprint density at radius 1 is 1.63 bits per heavy atom. The van der Waals surface area contributed by atoms with Crippen molar-refractivity contribution in [3.05, 3.63) is 18.0 Å². The van der Waals surface area contributed by atoms with Crippen LogP contribution in [-0.4, -0.2) is 45.4 Å². The zero-order chi connectivity index (χ0) is 14.4. The Morgan fingerprint density at radius 3 is 2.84 bits per heavy atom. The first kappa shape index (κ1) is 15.7. The Morgan fingerprint density at radius 2 is 2.32 bits per heavy atom. The van der Waals surface area contributed by atoms with E-state index in [1.54, 1.807) is 4.68 Å². The summed E-state index contributed by atoms with van der Waals surface area (Å²) in [6.07, 6.45) is 4.05. The van der Waals surface area contributed by atoms with Gasteiger partial charge in [0.2, 0.25) is 5.91 Å². The van der Waals surface area contributed by atoms with E-state index in [-0.39, 0.29) is 12.3 Å². The van der Waals surface area contributed by atoms with Crippen LogP contribution in [0.15, 0.2) is 12.4 Å². The number of aromatic nitrogens is 2. The van der Waals surface area contributed by atoms with Crippen molar-refractivity contribution in [3.63, 3.8) is 0 Å². The molecule has 19 heavy (non-hydrogen) atoms. The number of carbonyl (C=O) groups excluding carboxylic acids is 1. The third-order valence-electron chi connectivity index (χ3n) is 3.24. The van der Waals surface area contributed by atoms with E-state index in [0.29, 0.717) is 0 Å². The summed E-state index contributed by atoms with van der Waals surface area (Å²) < 4.78 is 1.78. The summed E-state index contributed by atoms with van der Waals surface area (Å²) in [5, 5.41) is 13.9. The molecule has 6 heteroatoms. The average Bonchev–Trinajstić information content (AvgIpc) is 2.70. The lowest BCUT2D eigenvalue weighted by molar-refractivity contribution is -0.120. The van der Waals surface area contributed by atoms with Gasteiger partial charge in [-0.15, -0.1) is 0 Å². The van der Waals surface area contributed by atoms with Crippen LogP contribution >= 0.6 is 0 Å². The van der Waals surface area contributed by atoms with Crippen LogP contribution in [0, 0.1) is 5.92 Å². The van der Waals surface area contributed by atoms with Crippen molar-refractivity contribution in [2.75, 3.05) is 13.6 Å². The minimum atomic E-state index is -0.649. The fourth-order valence-electron chi connectivity index (χ4n) is 1.97. The van der Waals surface area contributed by atoms with Gasteiger partial charge in [0.1, 0.15) is 0 Å². The highest BCUT2D eigenvalue weighted by Crippen LogP contribution is 2.12. The van der Waals surface area contributed by atoms with Gasteiger partial charge in [0.05, 0.1) is 18.7 Å². The molecule has 1 rings (SSSR count). The van der Waals surface area contributed by atoms with Crippen LogP contribution in [0.4, 0.5) is 0 Å². The van der Waals surface area contributed by atoms with Crippen molar-refractivity contribution in [1.29, 1.82) is 0 Å². The van der Waals surface area contributed by atoms with E-state index in [2.05, 4.69) is 10.00 Å². The summed E-state index contributed by atoms with van der Waals surface area (Å²) in [5.74, 6) is -0.396. The van der Waals surface area contributed by atoms with Crippen LogP contribution in [0.3, 0.4) is 0 Å². The molecule has 0 aliphatic rings. The lowest BCUT2D eigenvalue weighted by Crippen LogP contribution is -2.28. The number of rotatable bonds is 8. The molecule has 0 bridgehead atoms. The van der Waals surface area contributed by atoms with Gasteiger partial charge in [-0.25, -0.2) is 0 Å². The van der Waals surface area contributed by atoms with E-state index in [1.165, 1.54) is 0 Å². The second kappa shape index (κ2) is 7.25. The number of hydrogen-bond acceptors (Lipinski definition) is 4. The summed E-state index contributed by atoms with van der Waals surface area (Å²) >= 11 is 0. The van der Waals surface area contributed by atoms with Crippen molar-refractivity contribution < 1.29 is 9.90 Å². The molecule has 1 heterocycles. The number of amides is 1. The van der Waals surface area contributed by atoms with Gasteiger partial charge in [-0.1, -0.05) is 6.92 Å². The zero-order valence-corrected chi connectivity index (χ0v) is 11.9. The number of aliphatic hydroxyl groups is 1. The molecule has 3 N–H and O–H groups in total. The fourth-order valence-corrected chi connectivity index (χ4v) is 1.97. The number of primary amides is 1. The van der Waals surface area contributed by atoms with Gasteiger partial charge < -0.3 is 15.7 Å². The molecule has 0 fully saturated rings. The number of aryl methyl sites for hydroxylation is 1. The minimum absolute atomic E-state index is 0.0352. The molecule has 0 saturated heterocycles. The third-order valence-corrected chi connectivity index (χ3v) is 3.24. The highest BCUT2D eigenvalue weighted by Gasteiger charge is 2.17. The van der Waals surface area contributed by atoms with Crippen LogP contribution in [0.1, 0.15) is 25.3 Å². The minimum Gasteiger partial charge on any atom is -0.392 e. The molecular weight excluding hydrogens is 244 g/mol. The summed E-state index contributed by atoms with van der Waals surface area (Å²) in [7, 11) is 3.92.